The molecule has 1 heterocycles. The third kappa shape index (κ3) is 2.21. The first-order valence-corrected chi connectivity index (χ1v) is 5.66. The third-order valence-corrected chi connectivity index (χ3v) is 2.76. The molecule has 0 spiro atoms. The Bertz CT molecular complexity index is 552. The molecule has 0 aliphatic heterocycles. The van der Waals surface area contributed by atoms with E-state index >= 15 is 0 Å². The lowest BCUT2D eigenvalue weighted by Gasteiger charge is -2.14. The molecule has 2 aromatic rings. The van der Waals surface area contributed by atoms with Gasteiger partial charge in [0.1, 0.15) is 5.82 Å². The molecular weight excluding hydrogens is 246 g/mol. The van der Waals surface area contributed by atoms with E-state index in [0.717, 1.165) is 0 Å². The average molecular weight is 261 g/mol. The zero-order valence-electron chi connectivity index (χ0n) is 10.7. The monoisotopic (exact) mass is 261 g/mol. The molecule has 1 aromatic carbocycles. The average Bonchev–Trinajstić information content (AvgIpc) is 2.76. The van der Waals surface area contributed by atoms with E-state index in [-0.39, 0.29) is 11.1 Å². The normalized spacial score (nSPS) is 11.3. The van der Waals surface area contributed by atoms with Crippen LogP contribution in [-0.4, -0.2) is 4.98 Å². The Balaban J connectivity index is 0.000000771. The van der Waals surface area contributed by atoms with Crippen molar-refractivity contribution in [3.05, 3.63) is 34.9 Å². The SMILES string of the molecule is CC.Cc1c(F)c(C(F)(F)F)c(C)c2c[nH]cc12. The summed E-state index contributed by atoms with van der Waals surface area (Å²) in [7, 11) is 0. The number of halogens is 4. The molecule has 0 amide bonds. The van der Waals surface area contributed by atoms with Crippen molar-refractivity contribution in [3.63, 3.8) is 0 Å². The summed E-state index contributed by atoms with van der Waals surface area (Å²) < 4.78 is 51.7. The van der Waals surface area contributed by atoms with Crippen molar-refractivity contribution in [3.8, 4) is 0 Å². The minimum Gasteiger partial charge on any atom is -0.366 e. The fourth-order valence-corrected chi connectivity index (χ4v) is 1.93. The van der Waals surface area contributed by atoms with E-state index in [0.29, 0.717) is 10.8 Å². The number of alkyl halides is 3. The highest BCUT2D eigenvalue weighted by atomic mass is 19.4. The van der Waals surface area contributed by atoms with Crippen LogP contribution < -0.4 is 0 Å². The maximum absolute atomic E-state index is 13.6. The number of H-pyrrole nitrogens is 1. The molecule has 100 valence electrons. The quantitative estimate of drug-likeness (QED) is 0.644. The van der Waals surface area contributed by atoms with Gasteiger partial charge in [-0.1, -0.05) is 13.8 Å². The van der Waals surface area contributed by atoms with E-state index in [1.165, 1.54) is 26.2 Å². The molecule has 0 aliphatic carbocycles. The van der Waals surface area contributed by atoms with E-state index < -0.39 is 17.6 Å². The van der Waals surface area contributed by atoms with Crippen LogP contribution in [0.2, 0.25) is 0 Å². The van der Waals surface area contributed by atoms with Gasteiger partial charge in [0.2, 0.25) is 0 Å². The van der Waals surface area contributed by atoms with Crippen LogP contribution in [0.3, 0.4) is 0 Å². The number of aromatic amines is 1. The second-order valence-corrected chi connectivity index (χ2v) is 3.72. The molecule has 18 heavy (non-hydrogen) atoms. The molecule has 1 N–H and O–H groups in total. The number of fused-ring (bicyclic) bond motifs is 1. The topological polar surface area (TPSA) is 15.8 Å². The molecule has 1 aromatic heterocycles. The zero-order valence-corrected chi connectivity index (χ0v) is 10.7. The number of hydrogen-bond acceptors (Lipinski definition) is 0. The summed E-state index contributed by atoms with van der Waals surface area (Å²) in [6, 6.07) is 0. The van der Waals surface area contributed by atoms with Crippen molar-refractivity contribution in [2.75, 3.05) is 0 Å². The molecule has 0 saturated heterocycles. The van der Waals surface area contributed by atoms with Crippen molar-refractivity contribution < 1.29 is 17.6 Å². The van der Waals surface area contributed by atoms with E-state index in [9.17, 15) is 17.6 Å². The number of rotatable bonds is 0. The van der Waals surface area contributed by atoms with Gasteiger partial charge in [-0.2, -0.15) is 13.2 Å². The summed E-state index contributed by atoms with van der Waals surface area (Å²) in [5.74, 6) is -1.18. The van der Waals surface area contributed by atoms with Crippen LogP contribution in [-0.2, 0) is 6.18 Å². The summed E-state index contributed by atoms with van der Waals surface area (Å²) in [4.78, 5) is 2.69. The van der Waals surface area contributed by atoms with Gasteiger partial charge in [0.25, 0.3) is 0 Å². The molecule has 0 unspecified atom stereocenters. The van der Waals surface area contributed by atoms with Crippen LogP contribution in [0.15, 0.2) is 12.4 Å². The minimum absolute atomic E-state index is 0.0224. The summed E-state index contributed by atoms with van der Waals surface area (Å²) in [5, 5.41) is 0.897. The number of hydrogen-bond donors (Lipinski definition) is 1. The number of benzene rings is 1. The third-order valence-electron chi connectivity index (χ3n) is 2.76. The Hall–Kier alpha value is -1.52. The Morgan fingerprint density at radius 2 is 1.39 bits per heavy atom. The van der Waals surface area contributed by atoms with Crippen LogP contribution >= 0.6 is 0 Å². The van der Waals surface area contributed by atoms with Crippen molar-refractivity contribution in [1.29, 1.82) is 0 Å². The van der Waals surface area contributed by atoms with Crippen LogP contribution in [0, 0.1) is 19.7 Å². The van der Waals surface area contributed by atoms with Gasteiger partial charge in [-0.05, 0) is 25.0 Å². The molecule has 0 saturated carbocycles. The Labute approximate surface area is 103 Å². The Kier molecular flexibility index (Phi) is 4.04. The number of aromatic nitrogens is 1. The summed E-state index contributed by atoms with van der Waals surface area (Å²) >= 11 is 0. The largest absolute Gasteiger partial charge is 0.419 e. The first kappa shape index (κ1) is 14.5. The molecule has 2 rings (SSSR count). The highest BCUT2D eigenvalue weighted by molar-refractivity contribution is 5.89. The first-order valence-electron chi connectivity index (χ1n) is 5.66. The predicted octanol–water partition coefficient (Wildman–Crippen LogP) is 4.97. The van der Waals surface area contributed by atoms with Gasteiger partial charge in [0.15, 0.2) is 0 Å². The highest BCUT2D eigenvalue weighted by Crippen LogP contribution is 2.39. The molecule has 0 bridgehead atoms. The maximum Gasteiger partial charge on any atom is 0.419 e. The smallest absolute Gasteiger partial charge is 0.366 e. The van der Waals surface area contributed by atoms with Gasteiger partial charge < -0.3 is 4.98 Å². The van der Waals surface area contributed by atoms with Gasteiger partial charge in [-0.15, -0.1) is 0 Å². The molecule has 0 aliphatic rings. The molecule has 1 nitrogen and oxygen atoms in total. The number of aryl methyl sites for hydroxylation is 2. The van der Waals surface area contributed by atoms with Crippen LogP contribution in [0.1, 0.15) is 30.5 Å². The standard InChI is InChI=1S/C11H9F4N.C2H6/c1-5-7-3-16-4-8(7)6(2)10(12)9(5)11(13,14)15;1-2/h3-4,16H,1-2H3;1-2H3. The summed E-state index contributed by atoms with van der Waals surface area (Å²) in [6.45, 7) is 6.63. The van der Waals surface area contributed by atoms with Gasteiger partial charge in [0, 0.05) is 23.2 Å². The Morgan fingerprint density at radius 3 is 1.83 bits per heavy atom. The van der Waals surface area contributed by atoms with E-state index in [2.05, 4.69) is 4.98 Å². The van der Waals surface area contributed by atoms with Crippen LogP contribution in [0.4, 0.5) is 17.6 Å². The van der Waals surface area contributed by atoms with Gasteiger partial charge in [-0.3, -0.25) is 0 Å². The molecule has 0 radical (unpaired) electrons. The fraction of sp³-hybridized carbons (Fsp3) is 0.385. The molecule has 0 fully saturated rings. The second kappa shape index (κ2) is 5.00. The predicted molar refractivity (Wildman–Crippen MR) is 64.1 cm³/mol. The lowest BCUT2D eigenvalue weighted by atomic mass is 9.98. The molecular formula is C13H15F4N. The molecule has 0 atom stereocenters. The second-order valence-electron chi connectivity index (χ2n) is 3.72. The van der Waals surface area contributed by atoms with E-state index in [4.69, 9.17) is 0 Å². The van der Waals surface area contributed by atoms with Gasteiger partial charge in [0.05, 0.1) is 5.56 Å². The maximum atomic E-state index is 13.6. The Morgan fingerprint density at radius 1 is 0.944 bits per heavy atom. The lowest BCUT2D eigenvalue weighted by molar-refractivity contribution is -0.140. The minimum atomic E-state index is -4.66. The van der Waals surface area contributed by atoms with Gasteiger partial charge >= 0.3 is 6.18 Å². The molecule has 5 heteroatoms. The number of nitrogens with one attached hydrogen (secondary N) is 1. The van der Waals surface area contributed by atoms with Crippen molar-refractivity contribution >= 4 is 10.8 Å². The van der Waals surface area contributed by atoms with Crippen molar-refractivity contribution in [2.24, 2.45) is 0 Å². The van der Waals surface area contributed by atoms with E-state index in [1.807, 2.05) is 13.8 Å². The first-order chi connectivity index (χ1) is 8.34. The van der Waals surface area contributed by atoms with Crippen molar-refractivity contribution in [2.45, 2.75) is 33.9 Å². The van der Waals surface area contributed by atoms with Crippen LogP contribution in [0.5, 0.6) is 0 Å². The lowest BCUT2D eigenvalue weighted by Crippen LogP contribution is -2.12. The van der Waals surface area contributed by atoms with Gasteiger partial charge in [-0.25, -0.2) is 4.39 Å². The summed E-state index contributed by atoms with van der Waals surface area (Å²) in [5.41, 5.74) is -1.22. The van der Waals surface area contributed by atoms with E-state index in [1.54, 1.807) is 0 Å². The van der Waals surface area contributed by atoms with Crippen molar-refractivity contribution in [1.82, 2.24) is 4.98 Å². The summed E-state index contributed by atoms with van der Waals surface area (Å²) in [6.07, 6.45) is -1.71. The van der Waals surface area contributed by atoms with Crippen LogP contribution in [0.25, 0.3) is 10.8 Å². The zero-order chi connectivity index (χ0) is 14.1. The fourth-order valence-electron chi connectivity index (χ4n) is 1.93. The highest BCUT2D eigenvalue weighted by Gasteiger charge is 2.37.